The van der Waals surface area contributed by atoms with Crippen LogP contribution >= 0.6 is 0 Å². The third-order valence-electron chi connectivity index (χ3n) is 4.11. The first-order valence-electron chi connectivity index (χ1n) is 7.99. The zero-order chi connectivity index (χ0) is 16.4. The molecule has 1 aromatic carbocycles. The fraction of sp³-hybridized carbons (Fsp3) is 0.158. The molecule has 4 rings (SSSR count). The normalized spacial score (nSPS) is 11.0. The molecule has 0 spiro atoms. The summed E-state index contributed by atoms with van der Waals surface area (Å²) in [6.45, 7) is 3.69. The summed E-state index contributed by atoms with van der Waals surface area (Å²) in [6.07, 6.45) is 9.11. The van der Waals surface area contributed by atoms with Crippen LogP contribution in [0.15, 0.2) is 72.2 Å². The Labute approximate surface area is 140 Å². The monoisotopic (exact) mass is 318 g/mol. The van der Waals surface area contributed by atoms with Gasteiger partial charge in [0.1, 0.15) is 0 Å². The van der Waals surface area contributed by atoms with Crippen molar-refractivity contribution in [3.8, 4) is 22.6 Å². The Kier molecular flexibility index (Phi) is 3.75. The summed E-state index contributed by atoms with van der Waals surface area (Å²) in [5.74, 6) is 0. The van der Waals surface area contributed by atoms with Crippen LogP contribution in [0, 0.1) is 0 Å². The van der Waals surface area contributed by atoms with Gasteiger partial charge in [0.25, 0.3) is 0 Å². The van der Waals surface area contributed by atoms with Crippen LogP contribution in [0.3, 0.4) is 0 Å². The van der Waals surface area contributed by atoms with Crippen LogP contribution in [0.2, 0.25) is 0 Å². The van der Waals surface area contributed by atoms with Crippen molar-refractivity contribution in [1.29, 1.82) is 0 Å². The maximum absolute atomic E-state index is 5.20. The third kappa shape index (κ3) is 2.54. The Hall–Kier alpha value is -3.08. The summed E-state index contributed by atoms with van der Waals surface area (Å²) < 4.78 is 9.49. The highest BCUT2D eigenvalue weighted by Crippen LogP contribution is 2.31. The maximum atomic E-state index is 5.20. The topological polar surface area (TPSA) is 48.8 Å². The van der Waals surface area contributed by atoms with Crippen LogP contribution in [-0.4, -0.2) is 19.1 Å². The van der Waals surface area contributed by atoms with E-state index in [-0.39, 0.29) is 0 Å². The number of aryl methyl sites for hydroxylation is 1. The predicted octanol–water partition coefficient (Wildman–Crippen LogP) is 4.07. The van der Waals surface area contributed by atoms with Crippen molar-refractivity contribution in [2.75, 3.05) is 0 Å². The van der Waals surface area contributed by atoms with E-state index in [1.165, 1.54) is 0 Å². The number of nitrogens with zero attached hydrogens (tertiary/aromatic N) is 4. The van der Waals surface area contributed by atoms with Crippen molar-refractivity contribution >= 4 is 0 Å². The van der Waals surface area contributed by atoms with Gasteiger partial charge < -0.3 is 13.6 Å². The largest absolute Gasteiger partial charge is 0.472 e. The second kappa shape index (κ2) is 6.20. The molecule has 0 saturated carbocycles. The summed E-state index contributed by atoms with van der Waals surface area (Å²) in [7, 11) is 0. The van der Waals surface area contributed by atoms with E-state index in [0.717, 1.165) is 34.8 Å². The average molecular weight is 318 g/mol. The summed E-state index contributed by atoms with van der Waals surface area (Å²) >= 11 is 0. The second-order valence-electron chi connectivity index (χ2n) is 5.63. The number of furan rings is 1. The number of benzene rings is 1. The molecular formula is C19H18N4O. The van der Waals surface area contributed by atoms with Crippen LogP contribution in [0.25, 0.3) is 22.6 Å². The van der Waals surface area contributed by atoms with E-state index in [2.05, 4.69) is 38.2 Å². The summed E-state index contributed by atoms with van der Waals surface area (Å²) in [4.78, 5) is 9.01. The molecule has 24 heavy (non-hydrogen) atoms. The van der Waals surface area contributed by atoms with Crippen LogP contribution in [0.1, 0.15) is 12.5 Å². The molecule has 5 nitrogen and oxygen atoms in total. The van der Waals surface area contributed by atoms with Crippen molar-refractivity contribution < 1.29 is 4.42 Å². The van der Waals surface area contributed by atoms with E-state index >= 15 is 0 Å². The standard InChI is InChI=1S/C19H18N4O/c1-2-22-13-20-10-17(22)19-18(16-6-4-3-5-7-16)21-14-23(19)11-15-8-9-24-12-15/h3-10,12-14H,2,11H2,1H3. The van der Waals surface area contributed by atoms with Crippen molar-refractivity contribution in [3.05, 3.63) is 73.3 Å². The Morgan fingerprint density at radius 1 is 1.04 bits per heavy atom. The molecule has 3 heterocycles. The molecule has 5 heteroatoms. The Bertz CT molecular complexity index is 920. The highest BCUT2D eigenvalue weighted by atomic mass is 16.3. The molecule has 0 aliphatic rings. The second-order valence-corrected chi connectivity index (χ2v) is 5.63. The molecule has 0 N–H and O–H groups in total. The number of hydrogen-bond acceptors (Lipinski definition) is 3. The third-order valence-corrected chi connectivity index (χ3v) is 4.11. The SMILES string of the molecule is CCn1cncc1-c1c(-c2ccccc2)ncn1Cc1ccoc1. The molecule has 0 bridgehead atoms. The molecule has 0 amide bonds. The highest BCUT2D eigenvalue weighted by Gasteiger charge is 2.18. The Balaban J connectivity index is 1.88. The van der Waals surface area contributed by atoms with E-state index in [1.807, 2.05) is 43.1 Å². The highest BCUT2D eigenvalue weighted by molar-refractivity contribution is 5.76. The fourth-order valence-corrected chi connectivity index (χ4v) is 2.93. The van der Waals surface area contributed by atoms with Gasteiger partial charge in [0, 0.05) is 17.7 Å². The van der Waals surface area contributed by atoms with E-state index in [4.69, 9.17) is 4.42 Å². The van der Waals surface area contributed by atoms with Gasteiger partial charge in [0.15, 0.2) is 0 Å². The number of hydrogen-bond donors (Lipinski definition) is 0. The first kappa shape index (κ1) is 14.5. The number of rotatable bonds is 5. The minimum Gasteiger partial charge on any atom is -0.472 e. The lowest BCUT2D eigenvalue weighted by atomic mass is 10.1. The van der Waals surface area contributed by atoms with Gasteiger partial charge in [-0.25, -0.2) is 9.97 Å². The minimum atomic E-state index is 0.709. The molecule has 4 aromatic rings. The molecule has 0 unspecified atom stereocenters. The number of imidazole rings is 2. The van der Waals surface area contributed by atoms with E-state index in [0.29, 0.717) is 6.54 Å². The Morgan fingerprint density at radius 2 is 1.92 bits per heavy atom. The van der Waals surface area contributed by atoms with E-state index in [9.17, 15) is 0 Å². The van der Waals surface area contributed by atoms with Crippen molar-refractivity contribution in [1.82, 2.24) is 19.1 Å². The zero-order valence-corrected chi connectivity index (χ0v) is 13.5. The molecule has 0 aliphatic heterocycles. The molecule has 120 valence electrons. The van der Waals surface area contributed by atoms with Gasteiger partial charge in [0.05, 0.1) is 55.0 Å². The lowest BCUT2D eigenvalue weighted by Gasteiger charge is -2.11. The van der Waals surface area contributed by atoms with E-state index in [1.54, 1.807) is 12.5 Å². The van der Waals surface area contributed by atoms with Crippen molar-refractivity contribution in [3.63, 3.8) is 0 Å². The quantitative estimate of drug-likeness (QED) is 0.557. The van der Waals surface area contributed by atoms with Gasteiger partial charge in [-0.1, -0.05) is 30.3 Å². The van der Waals surface area contributed by atoms with Crippen LogP contribution in [0.4, 0.5) is 0 Å². The lowest BCUT2D eigenvalue weighted by molar-refractivity contribution is 0.562. The molecular weight excluding hydrogens is 300 g/mol. The lowest BCUT2D eigenvalue weighted by Crippen LogP contribution is -2.04. The van der Waals surface area contributed by atoms with E-state index < -0.39 is 0 Å². The minimum absolute atomic E-state index is 0.709. The average Bonchev–Trinajstić information content (AvgIpc) is 3.36. The first-order chi connectivity index (χ1) is 11.9. The zero-order valence-electron chi connectivity index (χ0n) is 13.5. The van der Waals surface area contributed by atoms with Crippen molar-refractivity contribution in [2.45, 2.75) is 20.0 Å². The molecule has 3 aromatic heterocycles. The van der Waals surface area contributed by atoms with Crippen molar-refractivity contribution in [2.24, 2.45) is 0 Å². The molecule has 0 saturated heterocycles. The summed E-state index contributed by atoms with van der Waals surface area (Å²) in [5.41, 5.74) is 5.31. The fourth-order valence-electron chi connectivity index (χ4n) is 2.93. The number of aromatic nitrogens is 4. The predicted molar refractivity (Wildman–Crippen MR) is 92.4 cm³/mol. The van der Waals surface area contributed by atoms with Gasteiger partial charge in [-0.2, -0.15) is 0 Å². The van der Waals surface area contributed by atoms with Gasteiger partial charge >= 0.3 is 0 Å². The van der Waals surface area contributed by atoms with Gasteiger partial charge in [-0.15, -0.1) is 0 Å². The Morgan fingerprint density at radius 3 is 2.67 bits per heavy atom. The summed E-state index contributed by atoms with van der Waals surface area (Å²) in [6, 6.07) is 12.2. The first-order valence-corrected chi connectivity index (χ1v) is 7.99. The van der Waals surface area contributed by atoms with Gasteiger partial charge in [-0.05, 0) is 13.0 Å². The molecule has 0 fully saturated rings. The molecule has 0 aliphatic carbocycles. The van der Waals surface area contributed by atoms with Crippen LogP contribution < -0.4 is 0 Å². The molecule has 0 radical (unpaired) electrons. The van der Waals surface area contributed by atoms with Gasteiger partial charge in [-0.3, -0.25) is 0 Å². The van der Waals surface area contributed by atoms with Gasteiger partial charge in [0.2, 0.25) is 0 Å². The van der Waals surface area contributed by atoms with Crippen LogP contribution in [0.5, 0.6) is 0 Å². The maximum Gasteiger partial charge on any atom is 0.0979 e. The smallest absolute Gasteiger partial charge is 0.0979 e. The molecule has 0 atom stereocenters. The summed E-state index contributed by atoms with van der Waals surface area (Å²) in [5, 5.41) is 0. The van der Waals surface area contributed by atoms with Crippen LogP contribution in [-0.2, 0) is 13.1 Å².